The lowest BCUT2D eigenvalue weighted by molar-refractivity contribution is -0.124. The normalized spacial score (nSPS) is 11.2. The van der Waals surface area contributed by atoms with Crippen molar-refractivity contribution in [2.75, 3.05) is 14.1 Å². The van der Waals surface area contributed by atoms with Gasteiger partial charge in [-0.2, -0.15) is 5.26 Å². The van der Waals surface area contributed by atoms with Gasteiger partial charge in [-0.3, -0.25) is 4.79 Å². The van der Waals surface area contributed by atoms with Gasteiger partial charge in [-0.05, 0) is 59.6 Å². The molecule has 0 saturated carbocycles. The number of likely N-dealkylation sites (N-methyl/N-ethyl adjacent to an activating group) is 1. The molecule has 0 bridgehead atoms. The quantitative estimate of drug-likeness (QED) is 0.607. The van der Waals surface area contributed by atoms with Crippen LogP contribution < -0.4 is 0 Å². The van der Waals surface area contributed by atoms with Crippen molar-refractivity contribution in [3.05, 3.63) is 57.3 Å². The number of nitrogens with zero attached hydrogens (tertiary/aromatic N) is 3. The summed E-state index contributed by atoms with van der Waals surface area (Å²) in [5, 5.41) is 9.25. The molecule has 0 aliphatic rings. The maximum atomic E-state index is 12.0. The SMILES string of the molecule is Cc1cc(/C=C(/C#N)C(=O)N(C)C)c(C)n1-c1ccccc1Br. The van der Waals surface area contributed by atoms with E-state index in [-0.39, 0.29) is 11.5 Å². The van der Waals surface area contributed by atoms with E-state index in [1.165, 1.54) is 4.90 Å². The van der Waals surface area contributed by atoms with Crippen molar-refractivity contribution < 1.29 is 4.79 Å². The zero-order valence-electron chi connectivity index (χ0n) is 13.6. The highest BCUT2D eigenvalue weighted by atomic mass is 79.9. The lowest BCUT2D eigenvalue weighted by Gasteiger charge is -2.12. The number of para-hydroxylation sites is 1. The molecule has 1 aromatic heterocycles. The zero-order chi connectivity index (χ0) is 17.1. The average Bonchev–Trinajstić information content (AvgIpc) is 2.79. The minimum atomic E-state index is -0.293. The molecular formula is C18H18BrN3O. The van der Waals surface area contributed by atoms with Crippen LogP contribution in [0, 0.1) is 25.2 Å². The van der Waals surface area contributed by atoms with E-state index < -0.39 is 0 Å². The summed E-state index contributed by atoms with van der Waals surface area (Å²) in [6, 6.07) is 11.9. The third-order valence-corrected chi connectivity index (χ3v) is 4.29. The van der Waals surface area contributed by atoms with Gasteiger partial charge in [0.05, 0.1) is 5.69 Å². The van der Waals surface area contributed by atoms with Crippen LogP contribution in [0.2, 0.25) is 0 Å². The van der Waals surface area contributed by atoms with Gasteiger partial charge in [-0.15, -0.1) is 0 Å². The first-order valence-electron chi connectivity index (χ1n) is 7.14. The Hall–Kier alpha value is -2.32. The summed E-state index contributed by atoms with van der Waals surface area (Å²) in [5.41, 5.74) is 4.04. The van der Waals surface area contributed by atoms with E-state index in [0.29, 0.717) is 0 Å². The number of nitriles is 1. The van der Waals surface area contributed by atoms with E-state index in [2.05, 4.69) is 20.5 Å². The van der Waals surface area contributed by atoms with Crippen LogP contribution in [-0.4, -0.2) is 29.5 Å². The third kappa shape index (κ3) is 3.38. The van der Waals surface area contributed by atoms with Gasteiger partial charge >= 0.3 is 0 Å². The van der Waals surface area contributed by atoms with Crippen molar-refractivity contribution in [1.82, 2.24) is 9.47 Å². The molecule has 0 saturated heterocycles. The molecule has 118 valence electrons. The molecule has 1 amide bonds. The van der Waals surface area contributed by atoms with Gasteiger partial charge < -0.3 is 9.47 Å². The van der Waals surface area contributed by atoms with Crippen LogP contribution in [0.3, 0.4) is 0 Å². The van der Waals surface area contributed by atoms with E-state index in [0.717, 1.165) is 27.1 Å². The Balaban J connectivity index is 2.57. The molecule has 0 spiro atoms. The second-order valence-corrected chi connectivity index (χ2v) is 6.34. The van der Waals surface area contributed by atoms with E-state index in [1.54, 1.807) is 20.2 Å². The lowest BCUT2D eigenvalue weighted by atomic mass is 10.1. The average molecular weight is 372 g/mol. The third-order valence-electron chi connectivity index (χ3n) is 3.62. The van der Waals surface area contributed by atoms with Crippen molar-refractivity contribution in [2.45, 2.75) is 13.8 Å². The number of halogens is 1. The first kappa shape index (κ1) is 17.0. The van der Waals surface area contributed by atoms with Crippen LogP contribution in [0.25, 0.3) is 11.8 Å². The minimum absolute atomic E-state index is 0.127. The summed E-state index contributed by atoms with van der Waals surface area (Å²) in [6.45, 7) is 3.98. The van der Waals surface area contributed by atoms with Gasteiger partial charge in [-0.25, -0.2) is 0 Å². The number of benzene rings is 1. The summed E-state index contributed by atoms with van der Waals surface area (Å²) in [4.78, 5) is 13.4. The Morgan fingerprint density at radius 2 is 1.96 bits per heavy atom. The second kappa shape index (κ2) is 6.84. The predicted octanol–water partition coefficient (Wildman–Crippen LogP) is 3.85. The summed E-state index contributed by atoms with van der Waals surface area (Å²) in [5.74, 6) is -0.293. The van der Waals surface area contributed by atoms with Crippen LogP contribution in [0.1, 0.15) is 17.0 Å². The summed E-state index contributed by atoms with van der Waals surface area (Å²) >= 11 is 3.57. The van der Waals surface area contributed by atoms with E-state index in [4.69, 9.17) is 0 Å². The molecule has 0 N–H and O–H groups in total. The molecule has 2 rings (SSSR count). The molecule has 1 heterocycles. The molecule has 2 aromatic rings. The summed E-state index contributed by atoms with van der Waals surface area (Å²) in [6.07, 6.45) is 1.65. The molecule has 4 nitrogen and oxygen atoms in total. The number of hydrogen-bond donors (Lipinski definition) is 0. The maximum Gasteiger partial charge on any atom is 0.264 e. The Kier molecular flexibility index (Phi) is 5.07. The molecule has 0 aliphatic carbocycles. The van der Waals surface area contributed by atoms with E-state index in [1.807, 2.05) is 50.2 Å². The first-order chi connectivity index (χ1) is 10.9. The van der Waals surface area contributed by atoms with E-state index >= 15 is 0 Å². The summed E-state index contributed by atoms with van der Waals surface area (Å²) in [7, 11) is 3.27. The topological polar surface area (TPSA) is 49.0 Å². The fraction of sp³-hybridized carbons (Fsp3) is 0.222. The molecule has 0 radical (unpaired) electrons. The number of aromatic nitrogens is 1. The molecule has 1 aromatic carbocycles. The van der Waals surface area contributed by atoms with Crippen molar-refractivity contribution in [1.29, 1.82) is 5.26 Å². The number of amides is 1. The van der Waals surface area contributed by atoms with Crippen molar-refractivity contribution in [3.63, 3.8) is 0 Å². The maximum absolute atomic E-state index is 12.0. The largest absolute Gasteiger partial charge is 0.344 e. The van der Waals surface area contributed by atoms with Crippen molar-refractivity contribution in [2.24, 2.45) is 0 Å². The van der Waals surface area contributed by atoms with Gasteiger partial charge in [0.2, 0.25) is 0 Å². The highest BCUT2D eigenvalue weighted by Gasteiger charge is 2.15. The van der Waals surface area contributed by atoms with Gasteiger partial charge in [0.15, 0.2) is 0 Å². The fourth-order valence-corrected chi connectivity index (χ4v) is 2.94. The zero-order valence-corrected chi connectivity index (χ0v) is 15.2. The van der Waals surface area contributed by atoms with E-state index in [9.17, 15) is 10.1 Å². The number of carbonyl (C=O) groups excluding carboxylic acids is 1. The molecule has 0 aliphatic heterocycles. The second-order valence-electron chi connectivity index (χ2n) is 5.48. The Bertz CT molecular complexity index is 825. The molecule has 23 heavy (non-hydrogen) atoms. The van der Waals surface area contributed by atoms with Gasteiger partial charge in [0.25, 0.3) is 5.91 Å². The predicted molar refractivity (Wildman–Crippen MR) is 95.2 cm³/mol. The first-order valence-corrected chi connectivity index (χ1v) is 7.93. The fourth-order valence-electron chi connectivity index (χ4n) is 2.48. The smallest absolute Gasteiger partial charge is 0.264 e. The number of rotatable bonds is 3. The Labute approximate surface area is 144 Å². The molecule has 0 atom stereocenters. The minimum Gasteiger partial charge on any atom is -0.344 e. The molecule has 0 unspecified atom stereocenters. The monoisotopic (exact) mass is 371 g/mol. The number of hydrogen-bond acceptors (Lipinski definition) is 2. The van der Waals surface area contributed by atoms with Crippen LogP contribution >= 0.6 is 15.9 Å². The van der Waals surface area contributed by atoms with Gasteiger partial charge in [0.1, 0.15) is 11.6 Å². The number of aryl methyl sites for hydroxylation is 1. The summed E-state index contributed by atoms with van der Waals surface area (Å²) < 4.78 is 3.09. The van der Waals surface area contributed by atoms with Crippen LogP contribution in [-0.2, 0) is 4.79 Å². The van der Waals surface area contributed by atoms with Crippen LogP contribution in [0.15, 0.2) is 40.4 Å². The highest BCUT2D eigenvalue weighted by Crippen LogP contribution is 2.27. The molecular weight excluding hydrogens is 354 g/mol. The van der Waals surface area contributed by atoms with Gasteiger partial charge in [-0.1, -0.05) is 12.1 Å². The Morgan fingerprint density at radius 1 is 1.30 bits per heavy atom. The van der Waals surface area contributed by atoms with Crippen LogP contribution in [0.5, 0.6) is 0 Å². The number of carbonyl (C=O) groups is 1. The van der Waals surface area contributed by atoms with Crippen molar-refractivity contribution >= 4 is 27.9 Å². The van der Waals surface area contributed by atoms with Crippen LogP contribution in [0.4, 0.5) is 0 Å². The lowest BCUT2D eigenvalue weighted by Crippen LogP contribution is -2.22. The molecule has 5 heteroatoms. The van der Waals surface area contributed by atoms with Gasteiger partial charge in [0, 0.05) is 30.0 Å². The molecule has 0 fully saturated rings. The standard InChI is InChI=1S/C18H18BrN3O/c1-12-9-14(10-15(11-20)18(23)21(3)4)13(2)22(12)17-8-6-5-7-16(17)19/h5-10H,1-4H3/b15-10-. The van der Waals surface area contributed by atoms with Crippen molar-refractivity contribution in [3.8, 4) is 11.8 Å². The Morgan fingerprint density at radius 3 is 2.52 bits per heavy atom. The highest BCUT2D eigenvalue weighted by molar-refractivity contribution is 9.10.